The van der Waals surface area contributed by atoms with E-state index < -0.39 is 17.7 Å². The quantitative estimate of drug-likeness (QED) is 0.573. The van der Waals surface area contributed by atoms with E-state index in [-0.39, 0.29) is 11.5 Å². The lowest BCUT2D eigenvalue weighted by molar-refractivity contribution is -0.202. The van der Waals surface area contributed by atoms with Gasteiger partial charge in [0.25, 0.3) is 5.56 Å². The molecule has 1 fully saturated rings. The molecular formula is C16H14F3N7O4. The Labute approximate surface area is 165 Å². The van der Waals surface area contributed by atoms with E-state index in [1.165, 1.54) is 29.4 Å². The summed E-state index contributed by atoms with van der Waals surface area (Å²) >= 11 is 0. The van der Waals surface area contributed by atoms with Gasteiger partial charge in [-0.05, 0) is 0 Å². The summed E-state index contributed by atoms with van der Waals surface area (Å²) in [6.07, 6.45) is 0.901. The molecule has 0 atom stereocenters. The standard InChI is InChI=1S/C16H14F3N7O4/c17-16(18,19)15(28)30-25-8-11(24-2-1-20-10-24)14(27)26(25)13-7-12(21-9-22-13)23-3-5-29-6-4-23/h1-2,7-10H,3-6H2. The smallest absolute Gasteiger partial charge is 0.378 e. The third kappa shape index (κ3) is 3.76. The Bertz CT molecular complexity index is 1100. The number of alkyl halides is 3. The average molecular weight is 425 g/mol. The molecule has 0 spiro atoms. The minimum Gasteiger partial charge on any atom is -0.378 e. The summed E-state index contributed by atoms with van der Waals surface area (Å²) < 4.78 is 45.4. The lowest BCUT2D eigenvalue weighted by atomic mass is 10.4. The number of hydrogen-bond donors (Lipinski definition) is 0. The van der Waals surface area contributed by atoms with Crippen molar-refractivity contribution in [3.05, 3.63) is 47.7 Å². The van der Waals surface area contributed by atoms with E-state index >= 15 is 0 Å². The van der Waals surface area contributed by atoms with Crippen LogP contribution in [0.25, 0.3) is 11.5 Å². The maximum atomic E-state index is 12.9. The fraction of sp³-hybridized carbons (Fsp3) is 0.312. The summed E-state index contributed by atoms with van der Waals surface area (Å²) in [4.78, 5) is 42.9. The van der Waals surface area contributed by atoms with Crippen molar-refractivity contribution >= 4 is 11.8 Å². The Morgan fingerprint density at radius 2 is 1.90 bits per heavy atom. The van der Waals surface area contributed by atoms with E-state index in [2.05, 4.69) is 19.8 Å². The summed E-state index contributed by atoms with van der Waals surface area (Å²) in [6.45, 7) is 2.03. The minimum absolute atomic E-state index is 0.0853. The highest BCUT2D eigenvalue weighted by atomic mass is 19.4. The van der Waals surface area contributed by atoms with Crippen molar-refractivity contribution in [2.45, 2.75) is 6.18 Å². The highest BCUT2D eigenvalue weighted by molar-refractivity contribution is 5.75. The molecule has 0 bridgehead atoms. The van der Waals surface area contributed by atoms with E-state index in [0.29, 0.717) is 41.6 Å². The van der Waals surface area contributed by atoms with E-state index in [1.807, 2.05) is 4.90 Å². The van der Waals surface area contributed by atoms with Crippen molar-refractivity contribution in [2.24, 2.45) is 0 Å². The highest BCUT2D eigenvalue weighted by Gasteiger charge is 2.42. The number of anilines is 1. The topological polar surface area (TPSA) is 109 Å². The number of carbonyl (C=O) groups excluding carboxylic acids is 1. The second-order valence-electron chi connectivity index (χ2n) is 6.11. The largest absolute Gasteiger partial charge is 0.493 e. The Morgan fingerprint density at radius 3 is 2.57 bits per heavy atom. The fourth-order valence-corrected chi connectivity index (χ4v) is 2.82. The van der Waals surface area contributed by atoms with Crippen LogP contribution in [0.4, 0.5) is 19.0 Å². The van der Waals surface area contributed by atoms with Gasteiger partial charge in [-0.15, -0.1) is 4.85 Å². The third-order valence-corrected chi connectivity index (χ3v) is 4.22. The van der Waals surface area contributed by atoms with Gasteiger partial charge in [-0.1, -0.05) is 0 Å². The van der Waals surface area contributed by atoms with Crippen LogP contribution in [-0.2, 0) is 9.53 Å². The minimum atomic E-state index is -5.26. The normalized spacial score (nSPS) is 14.7. The van der Waals surface area contributed by atoms with E-state index in [4.69, 9.17) is 4.74 Å². The molecule has 3 aromatic rings. The summed E-state index contributed by atoms with van der Waals surface area (Å²) in [7, 11) is 0. The molecule has 1 aliphatic rings. The predicted molar refractivity (Wildman–Crippen MR) is 93.4 cm³/mol. The van der Waals surface area contributed by atoms with Crippen molar-refractivity contribution < 1.29 is 27.5 Å². The summed E-state index contributed by atoms with van der Waals surface area (Å²) in [5, 5.41) is 0. The number of hydrogen-bond acceptors (Lipinski definition) is 8. The number of nitrogens with zero attached hydrogens (tertiary/aromatic N) is 7. The van der Waals surface area contributed by atoms with Crippen molar-refractivity contribution in [2.75, 3.05) is 31.2 Å². The van der Waals surface area contributed by atoms with Crippen molar-refractivity contribution in [3.8, 4) is 11.5 Å². The molecule has 0 aromatic carbocycles. The number of morpholine rings is 1. The first kappa shape index (κ1) is 19.6. The SMILES string of the molecule is O=C(On1cc(-n2ccnc2)c(=O)n1-c1cc(N2CCOCC2)ncn1)C(F)(F)F. The fourth-order valence-electron chi connectivity index (χ4n) is 2.82. The molecule has 3 aromatic heterocycles. The van der Waals surface area contributed by atoms with E-state index in [0.717, 1.165) is 12.5 Å². The number of imidazole rings is 1. The zero-order valence-electron chi connectivity index (χ0n) is 15.2. The van der Waals surface area contributed by atoms with Crippen LogP contribution in [0, 0.1) is 0 Å². The molecular weight excluding hydrogens is 411 g/mol. The average Bonchev–Trinajstić information content (AvgIpc) is 3.36. The third-order valence-electron chi connectivity index (χ3n) is 4.22. The van der Waals surface area contributed by atoms with Crippen LogP contribution >= 0.6 is 0 Å². The summed E-state index contributed by atoms with van der Waals surface area (Å²) in [6, 6.07) is 1.41. The molecule has 0 amide bonds. The molecule has 1 saturated heterocycles. The first-order valence-corrected chi connectivity index (χ1v) is 8.62. The number of rotatable bonds is 4. The molecule has 0 N–H and O–H groups in total. The molecule has 0 aliphatic carbocycles. The molecule has 11 nitrogen and oxygen atoms in total. The second kappa shape index (κ2) is 7.62. The van der Waals surface area contributed by atoms with Crippen LogP contribution < -0.4 is 15.3 Å². The van der Waals surface area contributed by atoms with Crippen LogP contribution in [0.3, 0.4) is 0 Å². The van der Waals surface area contributed by atoms with Gasteiger partial charge in [0.05, 0.1) is 25.7 Å². The van der Waals surface area contributed by atoms with Gasteiger partial charge in [0.1, 0.15) is 17.8 Å². The van der Waals surface area contributed by atoms with Gasteiger partial charge in [-0.3, -0.25) is 9.36 Å². The van der Waals surface area contributed by atoms with E-state index in [9.17, 15) is 22.8 Å². The zero-order chi connectivity index (χ0) is 21.3. The first-order valence-electron chi connectivity index (χ1n) is 8.62. The number of halogens is 3. The molecule has 14 heteroatoms. The predicted octanol–water partition coefficient (Wildman–Crippen LogP) is -0.0312. The Hall–Kier alpha value is -3.68. The van der Waals surface area contributed by atoms with Crippen molar-refractivity contribution in [1.82, 2.24) is 29.0 Å². The summed E-state index contributed by atoms with van der Waals surface area (Å²) in [5.74, 6) is -2.14. The Morgan fingerprint density at radius 1 is 1.17 bits per heavy atom. The molecule has 4 heterocycles. The van der Waals surface area contributed by atoms with Crippen molar-refractivity contribution in [3.63, 3.8) is 0 Å². The highest BCUT2D eigenvalue weighted by Crippen LogP contribution is 2.18. The maximum Gasteiger partial charge on any atom is 0.493 e. The Kier molecular flexibility index (Phi) is 4.99. The lowest BCUT2D eigenvalue weighted by Gasteiger charge is -2.27. The van der Waals surface area contributed by atoms with Crippen LogP contribution in [-0.4, -0.2) is 67.5 Å². The lowest BCUT2D eigenvalue weighted by Crippen LogP contribution is -2.38. The van der Waals surface area contributed by atoms with Gasteiger partial charge in [0, 0.05) is 31.5 Å². The Balaban J connectivity index is 1.80. The van der Waals surface area contributed by atoms with Crippen LogP contribution in [0.1, 0.15) is 0 Å². The maximum absolute atomic E-state index is 12.9. The first-order chi connectivity index (χ1) is 14.3. The monoisotopic (exact) mass is 425 g/mol. The number of aromatic nitrogens is 6. The molecule has 0 radical (unpaired) electrons. The van der Waals surface area contributed by atoms with E-state index in [1.54, 1.807) is 0 Å². The molecule has 0 saturated carbocycles. The van der Waals surface area contributed by atoms with Gasteiger partial charge in [0.15, 0.2) is 5.82 Å². The molecule has 4 rings (SSSR count). The van der Waals surface area contributed by atoms with Crippen LogP contribution in [0.5, 0.6) is 0 Å². The van der Waals surface area contributed by atoms with Gasteiger partial charge in [-0.25, -0.2) is 19.7 Å². The number of ether oxygens (including phenoxy) is 1. The zero-order valence-corrected chi connectivity index (χ0v) is 15.2. The van der Waals surface area contributed by atoms with Crippen molar-refractivity contribution in [1.29, 1.82) is 0 Å². The molecule has 30 heavy (non-hydrogen) atoms. The van der Waals surface area contributed by atoms with Crippen LogP contribution in [0.2, 0.25) is 0 Å². The second-order valence-corrected chi connectivity index (χ2v) is 6.11. The number of carbonyl (C=O) groups is 1. The van der Waals surface area contributed by atoms with Gasteiger partial charge < -0.3 is 14.5 Å². The summed E-state index contributed by atoms with van der Waals surface area (Å²) in [5.41, 5.74) is -0.886. The van der Waals surface area contributed by atoms with Gasteiger partial charge in [-0.2, -0.15) is 17.9 Å². The molecule has 0 unspecified atom stereocenters. The van der Waals surface area contributed by atoms with Gasteiger partial charge in [0.2, 0.25) is 0 Å². The molecule has 158 valence electrons. The van der Waals surface area contributed by atoms with Crippen LogP contribution in [0.15, 0.2) is 42.1 Å². The van der Waals surface area contributed by atoms with Gasteiger partial charge >= 0.3 is 12.1 Å². The molecule has 1 aliphatic heterocycles.